The van der Waals surface area contributed by atoms with Gasteiger partial charge in [-0.25, -0.2) is 4.98 Å². The van der Waals surface area contributed by atoms with Crippen molar-refractivity contribution >= 4 is 44.2 Å². The highest BCUT2D eigenvalue weighted by molar-refractivity contribution is 7.22. The maximum atomic E-state index is 12.5. The summed E-state index contributed by atoms with van der Waals surface area (Å²) in [5.74, 6) is -1.51. The van der Waals surface area contributed by atoms with Gasteiger partial charge in [0.15, 0.2) is 5.13 Å². The van der Waals surface area contributed by atoms with Gasteiger partial charge >= 0.3 is 0 Å². The highest BCUT2D eigenvalue weighted by Crippen LogP contribution is 2.28. The predicted octanol–water partition coefficient (Wildman–Crippen LogP) is 4.92. The van der Waals surface area contributed by atoms with Gasteiger partial charge in [-0.05, 0) is 30.7 Å². The molecule has 0 saturated heterocycles. The van der Waals surface area contributed by atoms with E-state index in [0.29, 0.717) is 16.3 Å². The molecule has 1 aromatic heterocycles. The Morgan fingerprint density at radius 1 is 0.759 bits per heavy atom. The zero-order valence-electron chi connectivity index (χ0n) is 15.5. The molecule has 0 radical (unpaired) electrons. The van der Waals surface area contributed by atoms with Gasteiger partial charge in [0.25, 0.3) is 5.91 Å². The Labute approximate surface area is 171 Å². The molecule has 5 nitrogen and oxygen atoms in total. The van der Waals surface area contributed by atoms with Crippen LogP contribution in [-0.4, -0.2) is 22.5 Å². The SMILES string of the molecule is Cc1cccc2sc(NC(=O)c3ccc(C(=O)C(=O)c4ccccc4)cc3)nc12. The average molecular weight is 400 g/mol. The second kappa shape index (κ2) is 7.77. The van der Waals surface area contributed by atoms with Gasteiger partial charge in [-0.1, -0.05) is 65.9 Å². The first-order valence-corrected chi connectivity index (χ1v) is 9.76. The van der Waals surface area contributed by atoms with Crippen LogP contribution in [-0.2, 0) is 0 Å². The van der Waals surface area contributed by atoms with Gasteiger partial charge in [0.05, 0.1) is 10.2 Å². The molecule has 142 valence electrons. The van der Waals surface area contributed by atoms with E-state index in [0.717, 1.165) is 15.8 Å². The standard InChI is InChI=1S/C23H16N2O3S/c1-14-6-5-9-18-19(14)24-23(29-18)25-22(28)17-12-10-16(11-13-17)21(27)20(26)15-7-3-2-4-8-15/h2-13H,1H3,(H,24,25,28). The number of hydrogen-bond acceptors (Lipinski definition) is 5. The number of aromatic nitrogens is 1. The van der Waals surface area contributed by atoms with Crippen LogP contribution in [0.5, 0.6) is 0 Å². The maximum Gasteiger partial charge on any atom is 0.257 e. The number of Topliss-reactive ketones (excluding diaryl/α,β-unsaturated/α-hetero) is 2. The first-order chi connectivity index (χ1) is 14.0. The third-order valence-electron chi connectivity index (χ3n) is 4.49. The molecule has 0 bridgehead atoms. The number of rotatable bonds is 5. The second-order valence-corrected chi connectivity index (χ2v) is 7.53. The Hall–Kier alpha value is -3.64. The number of nitrogens with one attached hydrogen (secondary N) is 1. The van der Waals surface area contributed by atoms with Gasteiger partial charge in [0.1, 0.15) is 0 Å². The van der Waals surface area contributed by atoms with Crippen molar-refractivity contribution in [1.82, 2.24) is 4.98 Å². The molecule has 0 unspecified atom stereocenters. The predicted molar refractivity (Wildman–Crippen MR) is 114 cm³/mol. The van der Waals surface area contributed by atoms with Crippen LogP contribution in [0.4, 0.5) is 5.13 Å². The van der Waals surface area contributed by atoms with Crippen LogP contribution in [0.3, 0.4) is 0 Å². The van der Waals surface area contributed by atoms with Crippen LogP contribution in [0.15, 0.2) is 72.8 Å². The van der Waals surface area contributed by atoms with E-state index in [1.165, 1.54) is 35.6 Å². The zero-order chi connectivity index (χ0) is 20.4. The van der Waals surface area contributed by atoms with Gasteiger partial charge in [-0.15, -0.1) is 0 Å². The summed E-state index contributed by atoms with van der Waals surface area (Å²) in [5, 5.41) is 3.30. The van der Waals surface area contributed by atoms with Crippen molar-refractivity contribution in [2.45, 2.75) is 6.92 Å². The maximum absolute atomic E-state index is 12.5. The van der Waals surface area contributed by atoms with Crippen LogP contribution in [0.1, 0.15) is 36.6 Å². The normalized spacial score (nSPS) is 10.7. The minimum atomic E-state index is -0.607. The number of para-hydroxylation sites is 1. The number of anilines is 1. The van der Waals surface area contributed by atoms with E-state index < -0.39 is 11.6 Å². The number of benzene rings is 3. The fraction of sp³-hybridized carbons (Fsp3) is 0.0435. The minimum Gasteiger partial charge on any atom is -0.298 e. The van der Waals surface area contributed by atoms with Crippen molar-refractivity contribution in [3.8, 4) is 0 Å². The van der Waals surface area contributed by atoms with Crippen LogP contribution < -0.4 is 5.32 Å². The summed E-state index contributed by atoms with van der Waals surface area (Å²) in [6.07, 6.45) is 0. The van der Waals surface area contributed by atoms with E-state index in [2.05, 4.69) is 10.3 Å². The fourth-order valence-electron chi connectivity index (χ4n) is 2.93. The van der Waals surface area contributed by atoms with E-state index in [1.54, 1.807) is 30.3 Å². The van der Waals surface area contributed by atoms with E-state index in [4.69, 9.17) is 0 Å². The summed E-state index contributed by atoms with van der Waals surface area (Å²) in [6, 6.07) is 20.3. The number of carbonyl (C=O) groups is 3. The molecule has 3 aromatic carbocycles. The lowest BCUT2D eigenvalue weighted by molar-refractivity contribution is 0.0817. The molecule has 0 spiro atoms. The van der Waals surface area contributed by atoms with E-state index in [9.17, 15) is 14.4 Å². The summed E-state index contributed by atoms with van der Waals surface area (Å²) in [4.78, 5) is 41.7. The number of fused-ring (bicyclic) bond motifs is 1. The second-order valence-electron chi connectivity index (χ2n) is 6.50. The number of nitrogens with zero attached hydrogens (tertiary/aromatic N) is 1. The van der Waals surface area contributed by atoms with Gasteiger partial charge in [0, 0.05) is 16.7 Å². The molecule has 1 N–H and O–H groups in total. The molecule has 4 rings (SSSR count). The summed E-state index contributed by atoms with van der Waals surface area (Å²) in [5.41, 5.74) is 2.87. The number of thiazole rings is 1. The summed E-state index contributed by atoms with van der Waals surface area (Å²) in [7, 11) is 0. The van der Waals surface area contributed by atoms with Crippen LogP contribution in [0.25, 0.3) is 10.2 Å². The van der Waals surface area contributed by atoms with Crippen molar-refractivity contribution in [1.29, 1.82) is 0 Å². The molecule has 0 aliphatic heterocycles. The Kier molecular flexibility index (Phi) is 5.01. The van der Waals surface area contributed by atoms with Crippen LogP contribution in [0, 0.1) is 6.92 Å². The van der Waals surface area contributed by atoms with Gasteiger partial charge in [-0.3, -0.25) is 19.7 Å². The Balaban J connectivity index is 1.49. The topological polar surface area (TPSA) is 76.1 Å². The molecule has 0 saturated carbocycles. The molecule has 0 aliphatic carbocycles. The lowest BCUT2D eigenvalue weighted by Crippen LogP contribution is -2.15. The smallest absolute Gasteiger partial charge is 0.257 e. The Morgan fingerprint density at radius 3 is 2.03 bits per heavy atom. The number of aryl methyl sites for hydroxylation is 1. The number of carbonyl (C=O) groups excluding carboxylic acids is 3. The highest BCUT2D eigenvalue weighted by atomic mass is 32.1. The number of ketones is 2. The molecule has 1 amide bonds. The summed E-state index contributed by atoms with van der Waals surface area (Å²) in [6.45, 7) is 1.97. The van der Waals surface area contributed by atoms with Crippen molar-refractivity contribution in [2.24, 2.45) is 0 Å². The van der Waals surface area contributed by atoms with Gasteiger partial charge < -0.3 is 0 Å². The number of amides is 1. The molecular formula is C23H16N2O3S. The van der Waals surface area contributed by atoms with Gasteiger partial charge in [-0.2, -0.15) is 0 Å². The Morgan fingerprint density at radius 2 is 1.38 bits per heavy atom. The average Bonchev–Trinajstić information content (AvgIpc) is 3.17. The lowest BCUT2D eigenvalue weighted by Gasteiger charge is -2.04. The molecule has 29 heavy (non-hydrogen) atoms. The largest absolute Gasteiger partial charge is 0.298 e. The quantitative estimate of drug-likeness (QED) is 0.381. The first-order valence-electron chi connectivity index (χ1n) is 8.94. The fourth-order valence-corrected chi connectivity index (χ4v) is 3.87. The third-order valence-corrected chi connectivity index (χ3v) is 5.43. The van der Waals surface area contributed by atoms with E-state index >= 15 is 0 Å². The first kappa shape index (κ1) is 18.7. The lowest BCUT2D eigenvalue weighted by atomic mass is 10.0. The molecule has 6 heteroatoms. The van der Waals surface area contributed by atoms with Crippen molar-refractivity contribution < 1.29 is 14.4 Å². The van der Waals surface area contributed by atoms with Gasteiger partial charge in [0.2, 0.25) is 11.6 Å². The molecule has 1 heterocycles. The van der Waals surface area contributed by atoms with E-state index in [-0.39, 0.29) is 11.5 Å². The molecule has 0 fully saturated rings. The van der Waals surface area contributed by atoms with Crippen molar-refractivity contribution in [3.05, 3.63) is 95.1 Å². The molecule has 0 atom stereocenters. The highest BCUT2D eigenvalue weighted by Gasteiger charge is 2.18. The van der Waals surface area contributed by atoms with Crippen molar-refractivity contribution in [2.75, 3.05) is 5.32 Å². The Bertz CT molecular complexity index is 1230. The van der Waals surface area contributed by atoms with Crippen molar-refractivity contribution in [3.63, 3.8) is 0 Å². The molecule has 0 aliphatic rings. The zero-order valence-corrected chi connectivity index (χ0v) is 16.3. The third kappa shape index (κ3) is 3.83. The van der Waals surface area contributed by atoms with Crippen LogP contribution in [0.2, 0.25) is 0 Å². The molecular weight excluding hydrogens is 384 g/mol. The van der Waals surface area contributed by atoms with Crippen LogP contribution >= 0.6 is 11.3 Å². The summed E-state index contributed by atoms with van der Waals surface area (Å²) >= 11 is 1.40. The summed E-state index contributed by atoms with van der Waals surface area (Å²) < 4.78 is 1.00. The van der Waals surface area contributed by atoms with E-state index in [1.807, 2.05) is 25.1 Å². The monoisotopic (exact) mass is 400 g/mol. The molecule has 4 aromatic rings. The number of hydrogen-bond donors (Lipinski definition) is 1. The minimum absolute atomic E-state index is 0.242.